The van der Waals surface area contributed by atoms with Crippen molar-refractivity contribution in [3.63, 3.8) is 0 Å². The van der Waals surface area contributed by atoms with Gasteiger partial charge in [-0.2, -0.15) is 16.9 Å². The second kappa shape index (κ2) is 6.66. The molecule has 1 aliphatic heterocycles. The zero-order valence-electron chi connectivity index (χ0n) is 11.4. The van der Waals surface area contributed by atoms with Crippen LogP contribution in [-0.2, 0) is 6.54 Å². The van der Waals surface area contributed by atoms with Crippen molar-refractivity contribution in [1.29, 1.82) is 0 Å². The molecule has 1 atom stereocenters. The Labute approximate surface area is 122 Å². The summed E-state index contributed by atoms with van der Waals surface area (Å²) in [6, 6.07) is 0. The van der Waals surface area contributed by atoms with E-state index in [0.29, 0.717) is 23.4 Å². The highest BCUT2D eigenvalue weighted by Crippen LogP contribution is 2.26. The average Bonchev–Trinajstić information content (AvgIpc) is 2.87. The molecule has 2 heterocycles. The van der Waals surface area contributed by atoms with Gasteiger partial charge in [-0.3, -0.25) is 4.79 Å². The van der Waals surface area contributed by atoms with E-state index in [-0.39, 0.29) is 10.6 Å². The molecule has 4 nitrogen and oxygen atoms in total. The molecule has 0 aromatic carbocycles. The van der Waals surface area contributed by atoms with Crippen LogP contribution in [0.4, 0.5) is 5.69 Å². The Kier molecular flexibility index (Phi) is 5.16. The lowest BCUT2D eigenvalue weighted by molar-refractivity contribution is 0.464. The number of nitrogens with one attached hydrogen (secondary N) is 1. The van der Waals surface area contributed by atoms with E-state index >= 15 is 0 Å². The second-order valence-corrected chi connectivity index (χ2v) is 7.06. The van der Waals surface area contributed by atoms with Gasteiger partial charge in [0, 0.05) is 18.3 Å². The first-order chi connectivity index (χ1) is 9.08. The topological polar surface area (TPSA) is 46.9 Å². The van der Waals surface area contributed by atoms with E-state index in [0.717, 1.165) is 6.54 Å². The van der Waals surface area contributed by atoms with Crippen molar-refractivity contribution in [2.45, 2.75) is 38.5 Å². The van der Waals surface area contributed by atoms with E-state index in [1.165, 1.54) is 23.3 Å². The number of hydrogen-bond donors (Lipinski definition) is 1. The number of nitrogens with zero attached hydrogens (tertiary/aromatic N) is 2. The van der Waals surface area contributed by atoms with Crippen LogP contribution in [0.5, 0.6) is 0 Å². The number of rotatable bonds is 5. The van der Waals surface area contributed by atoms with Crippen LogP contribution in [0.1, 0.15) is 26.7 Å². The van der Waals surface area contributed by atoms with E-state index < -0.39 is 0 Å². The lowest BCUT2D eigenvalue weighted by atomic mass is 10.2. The zero-order valence-corrected chi connectivity index (χ0v) is 12.9. The van der Waals surface area contributed by atoms with Gasteiger partial charge in [-0.05, 0) is 24.5 Å². The predicted octanol–water partition coefficient (Wildman–Crippen LogP) is 2.86. The van der Waals surface area contributed by atoms with Crippen LogP contribution in [0.2, 0.25) is 5.02 Å². The predicted molar refractivity (Wildman–Crippen MR) is 82.3 cm³/mol. The van der Waals surface area contributed by atoms with Gasteiger partial charge in [0.1, 0.15) is 5.02 Å². The average molecular weight is 302 g/mol. The first-order valence-corrected chi connectivity index (χ1v) is 8.11. The van der Waals surface area contributed by atoms with E-state index in [2.05, 4.69) is 10.4 Å². The molecule has 6 heteroatoms. The first kappa shape index (κ1) is 14.7. The fraction of sp³-hybridized carbons (Fsp3) is 0.692. The van der Waals surface area contributed by atoms with Crippen molar-refractivity contribution >= 4 is 29.1 Å². The molecule has 1 unspecified atom stereocenters. The van der Waals surface area contributed by atoms with E-state index in [4.69, 9.17) is 11.6 Å². The molecule has 0 amide bonds. The Morgan fingerprint density at radius 3 is 3.05 bits per heavy atom. The normalized spacial score (nSPS) is 19.1. The zero-order chi connectivity index (χ0) is 13.8. The lowest BCUT2D eigenvalue weighted by Crippen LogP contribution is -2.27. The number of hydrogen-bond acceptors (Lipinski definition) is 4. The van der Waals surface area contributed by atoms with E-state index in [1.54, 1.807) is 6.20 Å². The summed E-state index contributed by atoms with van der Waals surface area (Å²) in [6.45, 7) is 5.54. The molecule has 1 aromatic heterocycles. The standard InChI is InChI=1S/C13H20ClN3OS/c1-9(2)8-17-13(18)12(14)11(7-16-17)15-6-10-4-3-5-19-10/h7,9-10,15H,3-6,8H2,1-2H3. The van der Waals surface area contributed by atoms with Gasteiger partial charge in [0.25, 0.3) is 5.56 Å². The van der Waals surface area contributed by atoms with E-state index in [1.807, 2.05) is 25.6 Å². The number of anilines is 1. The van der Waals surface area contributed by atoms with Crippen LogP contribution in [0.3, 0.4) is 0 Å². The van der Waals surface area contributed by atoms with Crippen LogP contribution < -0.4 is 10.9 Å². The van der Waals surface area contributed by atoms with Crippen LogP contribution in [-0.4, -0.2) is 27.3 Å². The summed E-state index contributed by atoms with van der Waals surface area (Å²) in [5.74, 6) is 1.60. The minimum Gasteiger partial charge on any atom is -0.381 e. The summed E-state index contributed by atoms with van der Waals surface area (Å²) in [7, 11) is 0. The van der Waals surface area contributed by atoms with Crippen molar-refractivity contribution in [3.8, 4) is 0 Å². The van der Waals surface area contributed by atoms with Gasteiger partial charge >= 0.3 is 0 Å². The van der Waals surface area contributed by atoms with Crippen molar-refractivity contribution in [2.24, 2.45) is 5.92 Å². The smallest absolute Gasteiger partial charge is 0.287 e. The molecule has 1 fully saturated rings. The van der Waals surface area contributed by atoms with Crippen molar-refractivity contribution in [2.75, 3.05) is 17.6 Å². The second-order valence-electron chi connectivity index (χ2n) is 5.27. The Morgan fingerprint density at radius 1 is 1.63 bits per heavy atom. The van der Waals surface area contributed by atoms with E-state index in [9.17, 15) is 4.79 Å². The maximum Gasteiger partial charge on any atom is 0.287 e. The molecule has 2 rings (SSSR count). The summed E-state index contributed by atoms with van der Waals surface area (Å²) in [5, 5.41) is 8.29. The van der Waals surface area contributed by atoms with Gasteiger partial charge in [0.2, 0.25) is 0 Å². The van der Waals surface area contributed by atoms with Crippen LogP contribution in [0.15, 0.2) is 11.0 Å². The molecule has 1 aromatic rings. The molecule has 0 spiro atoms. The molecule has 1 N–H and O–H groups in total. The van der Waals surface area contributed by atoms with Gasteiger partial charge in [-0.1, -0.05) is 25.4 Å². The summed E-state index contributed by atoms with van der Waals surface area (Å²) >= 11 is 8.10. The van der Waals surface area contributed by atoms with Gasteiger partial charge in [0.05, 0.1) is 11.9 Å². The Hall–Kier alpha value is -0.680. The molecule has 0 saturated carbocycles. The highest BCUT2D eigenvalue weighted by molar-refractivity contribution is 8.00. The number of aromatic nitrogens is 2. The molecule has 0 radical (unpaired) electrons. The monoisotopic (exact) mass is 301 g/mol. The maximum absolute atomic E-state index is 12.0. The highest BCUT2D eigenvalue weighted by atomic mass is 35.5. The Balaban J connectivity index is 2.05. The van der Waals surface area contributed by atoms with Crippen molar-refractivity contribution in [3.05, 3.63) is 21.6 Å². The number of halogens is 1. The maximum atomic E-state index is 12.0. The first-order valence-electron chi connectivity index (χ1n) is 6.69. The number of thioether (sulfide) groups is 1. The van der Waals surface area contributed by atoms with Gasteiger partial charge in [0.15, 0.2) is 0 Å². The van der Waals surface area contributed by atoms with Gasteiger partial charge in [-0.15, -0.1) is 0 Å². The Morgan fingerprint density at radius 2 is 2.42 bits per heavy atom. The molecule has 106 valence electrons. The van der Waals surface area contributed by atoms with Crippen LogP contribution >= 0.6 is 23.4 Å². The molecular formula is C13H20ClN3OS. The van der Waals surface area contributed by atoms with Crippen LogP contribution in [0.25, 0.3) is 0 Å². The third-order valence-corrected chi connectivity index (χ3v) is 4.83. The van der Waals surface area contributed by atoms with Crippen LogP contribution in [0, 0.1) is 5.92 Å². The lowest BCUT2D eigenvalue weighted by Gasteiger charge is -2.13. The minimum absolute atomic E-state index is 0.209. The van der Waals surface area contributed by atoms with Gasteiger partial charge in [-0.25, -0.2) is 4.68 Å². The largest absolute Gasteiger partial charge is 0.381 e. The SMILES string of the molecule is CC(C)Cn1ncc(NCC2CCCS2)c(Cl)c1=O. The molecule has 1 saturated heterocycles. The summed E-state index contributed by atoms with van der Waals surface area (Å²) in [5.41, 5.74) is 0.443. The quantitative estimate of drug-likeness (QED) is 0.908. The minimum atomic E-state index is -0.209. The third-order valence-electron chi connectivity index (χ3n) is 3.07. The van der Waals surface area contributed by atoms with Gasteiger partial charge < -0.3 is 5.32 Å². The van der Waals surface area contributed by atoms with Crippen molar-refractivity contribution in [1.82, 2.24) is 9.78 Å². The molecule has 19 heavy (non-hydrogen) atoms. The van der Waals surface area contributed by atoms with Crippen molar-refractivity contribution < 1.29 is 0 Å². The fourth-order valence-electron chi connectivity index (χ4n) is 2.09. The highest BCUT2D eigenvalue weighted by Gasteiger charge is 2.16. The molecular weight excluding hydrogens is 282 g/mol. The Bertz CT molecular complexity index is 483. The fourth-order valence-corrected chi connectivity index (χ4v) is 3.51. The molecule has 1 aliphatic rings. The summed E-state index contributed by atoms with van der Waals surface area (Å²) in [4.78, 5) is 12.0. The summed E-state index contributed by atoms with van der Waals surface area (Å²) in [6.07, 6.45) is 4.16. The summed E-state index contributed by atoms with van der Waals surface area (Å²) < 4.78 is 1.43. The molecule has 0 aliphatic carbocycles. The molecule has 0 bridgehead atoms. The third kappa shape index (κ3) is 3.89.